The van der Waals surface area contributed by atoms with Crippen LogP contribution in [0.1, 0.15) is 26.7 Å². The number of nitrogens with zero attached hydrogens (tertiary/aromatic N) is 3. The van der Waals surface area contributed by atoms with E-state index in [1.165, 1.54) is 25.1 Å². The molecule has 5 heteroatoms. The van der Waals surface area contributed by atoms with Crippen molar-refractivity contribution in [1.82, 2.24) is 15.1 Å². The SMILES string of the molecule is CN=C(NCC1CCCN1C)N1CCSC(C(C)C)C1. The van der Waals surface area contributed by atoms with Gasteiger partial charge in [-0.1, -0.05) is 13.8 Å². The molecular weight excluding hydrogens is 268 g/mol. The van der Waals surface area contributed by atoms with Gasteiger partial charge in [-0.15, -0.1) is 0 Å². The van der Waals surface area contributed by atoms with Crippen LogP contribution in [0.5, 0.6) is 0 Å². The van der Waals surface area contributed by atoms with E-state index in [2.05, 4.69) is 52.8 Å². The number of hydrogen-bond acceptors (Lipinski definition) is 3. The number of thioether (sulfide) groups is 1. The summed E-state index contributed by atoms with van der Waals surface area (Å²) in [5, 5.41) is 4.33. The van der Waals surface area contributed by atoms with Gasteiger partial charge in [0, 0.05) is 43.7 Å². The van der Waals surface area contributed by atoms with Crippen molar-refractivity contribution in [1.29, 1.82) is 0 Å². The van der Waals surface area contributed by atoms with Crippen molar-refractivity contribution >= 4 is 17.7 Å². The molecule has 4 nitrogen and oxygen atoms in total. The van der Waals surface area contributed by atoms with Gasteiger partial charge in [0.1, 0.15) is 0 Å². The number of aliphatic imine (C=N–C) groups is 1. The first-order valence-electron chi connectivity index (χ1n) is 7.89. The summed E-state index contributed by atoms with van der Waals surface area (Å²) in [7, 11) is 4.14. The largest absolute Gasteiger partial charge is 0.355 e. The molecule has 0 bridgehead atoms. The Hall–Kier alpha value is -0.420. The summed E-state index contributed by atoms with van der Waals surface area (Å²) in [6.45, 7) is 9.16. The van der Waals surface area contributed by atoms with Gasteiger partial charge in [0.15, 0.2) is 5.96 Å². The first-order valence-corrected chi connectivity index (χ1v) is 8.94. The number of likely N-dealkylation sites (N-methyl/N-ethyl adjacent to an activating group) is 1. The van der Waals surface area contributed by atoms with Crippen LogP contribution < -0.4 is 5.32 Å². The minimum absolute atomic E-state index is 0.673. The van der Waals surface area contributed by atoms with E-state index >= 15 is 0 Å². The van der Waals surface area contributed by atoms with E-state index in [9.17, 15) is 0 Å². The van der Waals surface area contributed by atoms with Crippen LogP contribution in [0.3, 0.4) is 0 Å². The minimum Gasteiger partial charge on any atom is -0.355 e. The molecule has 0 aromatic carbocycles. The summed E-state index contributed by atoms with van der Waals surface area (Å²) >= 11 is 2.11. The van der Waals surface area contributed by atoms with E-state index in [0.29, 0.717) is 6.04 Å². The first-order chi connectivity index (χ1) is 9.61. The van der Waals surface area contributed by atoms with Crippen molar-refractivity contribution < 1.29 is 0 Å². The molecule has 0 aromatic rings. The van der Waals surface area contributed by atoms with E-state index in [0.717, 1.165) is 36.8 Å². The maximum atomic E-state index is 4.50. The zero-order chi connectivity index (χ0) is 14.5. The smallest absolute Gasteiger partial charge is 0.193 e. The lowest BCUT2D eigenvalue weighted by Gasteiger charge is -2.36. The number of rotatable bonds is 3. The second kappa shape index (κ2) is 7.55. The van der Waals surface area contributed by atoms with Crippen molar-refractivity contribution in [3.8, 4) is 0 Å². The molecular formula is C15H30N4S. The normalized spacial score (nSPS) is 29.2. The van der Waals surface area contributed by atoms with Crippen LogP contribution in [0.25, 0.3) is 0 Å². The molecule has 2 unspecified atom stereocenters. The second-order valence-electron chi connectivity index (χ2n) is 6.30. The van der Waals surface area contributed by atoms with Gasteiger partial charge in [-0.25, -0.2) is 0 Å². The number of hydrogen-bond donors (Lipinski definition) is 1. The number of guanidine groups is 1. The van der Waals surface area contributed by atoms with Crippen molar-refractivity contribution in [3.05, 3.63) is 0 Å². The number of nitrogens with one attached hydrogen (secondary N) is 1. The summed E-state index contributed by atoms with van der Waals surface area (Å²) in [5.74, 6) is 3.05. The average molecular weight is 299 g/mol. The summed E-state index contributed by atoms with van der Waals surface area (Å²) in [4.78, 5) is 9.40. The average Bonchev–Trinajstić information content (AvgIpc) is 2.85. The van der Waals surface area contributed by atoms with Crippen molar-refractivity contribution in [3.63, 3.8) is 0 Å². The molecule has 2 fully saturated rings. The van der Waals surface area contributed by atoms with E-state index in [1.807, 2.05) is 7.05 Å². The van der Waals surface area contributed by atoms with Gasteiger partial charge < -0.3 is 15.1 Å². The van der Waals surface area contributed by atoms with E-state index in [-0.39, 0.29) is 0 Å². The Balaban J connectivity index is 1.85. The Labute approximate surface area is 128 Å². The van der Waals surface area contributed by atoms with Gasteiger partial charge in [-0.05, 0) is 32.4 Å². The Morgan fingerprint density at radius 3 is 2.80 bits per heavy atom. The third-order valence-electron chi connectivity index (χ3n) is 4.52. The quantitative estimate of drug-likeness (QED) is 0.635. The molecule has 2 aliphatic rings. The van der Waals surface area contributed by atoms with Crippen LogP contribution in [0.4, 0.5) is 0 Å². The summed E-state index contributed by atoms with van der Waals surface area (Å²) in [5.41, 5.74) is 0. The fourth-order valence-electron chi connectivity index (χ4n) is 3.05. The lowest BCUT2D eigenvalue weighted by molar-refractivity contribution is 0.304. The fourth-order valence-corrected chi connectivity index (χ4v) is 4.35. The Morgan fingerprint density at radius 2 is 2.20 bits per heavy atom. The van der Waals surface area contributed by atoms with Crippen LogP contribution >= 0.6 is 11.8 Å². The summed E-state index contributed by atoms with van der Waals surface area (Å²) < 4.78 is 0. The van der Waals surface area contributed by atoms with Crippen LogP contribution in [0.15, 0.2) is 4.99 Å². The van der Waals surface area contributed by atoms with E-state index in [1.54, 1.807) is 0 Å². The highest BCUT2D eigenvalue weighted by atomic mass is 32.2. The third-order valence-corrected chi connectivity index (χ3v) is 6.06. The summed E-state index contributed by atoms with van der Waals surface area (Å²) in [6.07, 6.45) is 2.64. The molecule has 0 radical (unpaired) electrons. The Kier molecular flexibility index (Phi) is 6.02. The monoisotopic (exact) mass is 298 g/mol. The molecule has 0 saturated carbocycles. The topological polar surface area (TPSA) is 30.9 Å². The standard InChI is InChI=1S/C15H30N4S/c1-12(2)14-11-19(8-9-20-14)15(16-3)17-10-13-6-5-7-18(13)4/h12-14H,5-11H2,1-4H3,(H,16,17). The van der Waals surface area contributed by atoms with Gasteiger partial charge in [0.05, 0.1) is 0 Å². The van der Waals surface area contributed by atoms with E-state index < -0.39 is 0 Å². The molecule has 2 aliphatic heterocycles. The molecule has 2 atom stereocenters. The van der Waals surface area contributed by atoms with Crippen LogP contribution in [-0.2, 0) is 0 Å². The van der Waals surface area contributed by atoms with Crippen LogP contribution in [0, 0.1) is 5.92 Å². The zero-order valence-corrected chi connectivity index (χ0v) is 14.2. The molecule has 20 heavy (non-hydrogen) atoms. The van der Waals surface area contributed by atoms with Crippen LogP contribution in [0.2, 0.25) is 0 Å². The molecule has 0 spiro atoms. The van der Waals surface area contributed by atoms with Gasteiger partial charge in [-0.3, -0.25) is 4.99 Å². The molecule has 0 aliphatic carbocycles. The highest BCUT2D eigenvalue weighted by Gasteiger charge is 2.26. The van der Waals surface area contributed by atoms with Gasteiger partial charge in [0.25, 0.3) is 0 Å². The van der Waals surface area contributed by atoms with Crippen LogP contribution in [-0.4, -0.2) is 73.1 Å². The molecule has 2 saturated heterocycles. The second-order valence-corrected chi connectivity index (χ2v) is 7.65. The lowest BCUT2D eigenvalue weighted by Crippen LogP contribution is -2.51. The maximum absolute atomic E-state index is 4.50. The van der Waals surface area contributed by atoms with Crippen molar-refractivity contribution in [2.75, 3.05) is 46.0 Å². The van der Waals surface area contributed by atoms with Gasteiger partial charge in [-0.2, -0.15) is 11.8 Å². The highest BCUT2D eigenvalue weighted by molar-refractivity contribution is 8.00. The molecule has 2 rings (SSSR count). The molecule has 0 amide bonds. The van der Waals surface area contributed by atoms with Crippen molar-refractivity contribution in [2.24, 2.45) is 10.9 Å². The predicted octanol–water partition coefficient (Wildman–Crippen LogP) is 1.73. The van der Waals surface area contributed by atoms with Gasteiger partial charge in [0.2, 0.25) is 0 Å². The first kappa shape index (κ1) is 16.0. The molecule has 2 heterocycles. The highest BCUT2D eigenvalue weighted by Crippen LogP contribution is 2.24. The predicted molar refractivity (Wildman–Crippen MR) is 89.7 cm³/mol. The van der Waals surface area contributed by atoms with Gasteiger partial charge >= 0.3 is 0 Å². The maximum Gasteiger partial charge on any atom is 0.193 e. The summed E-state index contributed by atoms with van der Waals surface area (Å²) in [6, 6.07) is 0.673. The van der Waals surface area contributed by atoms with Crippen molar-refractivity contribution in [2.45, 2.75) is 38.0 Å². The Bertz CT molecular complexity index is 332. The third kappa shape index (κ3) is 4.04. The number of likely N-dealkylation sites (tertiary alicyclic amines) is 1. The lowest BCUT2D eigenvalue weighted by atomic mass is 10.1. The fraction of sp³-hybridized carbons (Fsp3) is 0.933. The molecule has 0 aromatic heterocycles. The Morgan fingerprint density at radius 1 is 1.40 bits per heavy atom. The molecule has 116 valence electrons. The zero-order valence-electron chi connectivity index (χ0n) is 13.4. The van der Waals surface area contributed by atoms with E-state index in [4.69, 9.17) is 0 Å². The molecule has 1 N–H and O–H groups in total. The minimum atomic E-state index is 0.673.